The summed E-state index contributed by atoms with van der Waals surface area (Å²) >= 11 is 1.30. The molecule has 0 radical (unpaired) electrons. The molecule has 1 fully saturated rings. The summed E-state index contributed by atoms with van der Waals surface area (Å²) in [7, 11) is 1.50. The Morgan fingerprint density at radius 1 is 1.31 bits per heavy atom. The van der Waals surface area contributed by atoms with E-state index < -0.39 is 16.2 Å². The molecule has 1 aliphatic heterocycles. The highest BCUT2D eigenvalue weighted by Crippen LogP contribution is 2.44. The third-order valence-electron chi connectivity index (χ3n) is 3.74. The Kier molecular flexibility index (Phi) is 5.16. The second kappa shape index (κ2) is 7.21. The van der Waals surface area contributed by atoms with Gasteiger partial charge in [0, 0.05) is 17.9 Å². The normalized spacial score (nSPS) is 16.5. The molecular weight excluding hydrogens is 388 g/mol. The number of ether oxygens (including phenoxy) is 1. The van der Waals surface area contributed by atoms with E-state index in [-0.39, 0.29) is 22.5 Å². The molecule has 3 rings (SSSR count). The van der Waals surface area contributed by atoms with Crippen molar-refractivity contribution in [2.45, 2.75) is 6.18 Å². The number of alkyl halides is 3. The number of thioether (sulfide) groups is 1. The van der Waals surface area contributed by atoms with Gasteiger partial charge in [-0.05, 0) is 18.2 Å². The van der Waals surface area contributed by atoms with Crippen molar-refractivity contribution in [1.29, 1.82) is 5.26 Å². The standard InChI is InChI=1S/C17H12F4N2OS2/c1-24-13-5-3-2-4-12(13)23-6-7-25-16(23)11(9-22)10-8-14(17(19,20)21)26-15(10)18/h2-5,8H,6-7H2,1H3. The summed E-state index contributed by atoms with van der Waals surface area (Å²) in [5.74, 6) is 1.18. The summed E-state index contributed by atoms with van der Waals surface area (Å²) in [6, 6.07) is 9.68. The molecule has 0 unspecified atom stereocenters. The van der Waals surface area contributed by atoms with Crippen LogP contribution in [0.3, 0.4) is 0 Å². The van der Waals surface area contributed by atoms with Gasteiger partial charge in [-0.15, -0.1) is 23.1 Å². The summed E-state index contributed by atoms with van der Waals surface area (Å²) in [5, 5.41) is 8.94. The number of nitriles is 1. The Morgan fingerprint density at radius 3 is 2.65 bits per heavy atom. The Bertz CT molecular complexity index is 899. The average molecular weight is 400 g/mol. The number of hydrogen-bond donors (Lipinski definition) is 0. The molecule has 0 bridgehead atoms. The number of nitrogens with zero attached hydrogens (tertiary/aromatic N) is 2. The van der Waals surface area contributed by atoms with E-state index in [1.165, 1.54) is 18.9 Å². The van der Waals surface area contributed by atoms with Gasteiger partial charge in [-0.2, -0.15) is 22.8 Å². The maximum Gasteiger partial charge on any atom is 0.425 e. The third-order valence-corrected chi connectivity index (χ3v) is 5.79. The number of para-hydroxylation sites is 2. The minimum absolute atomic E-state index is 0.000925. The van der Waals surface area contributed by atoms with Gasteiger partial charge in [0.05, 0.1) is 23.4 Å². The molecule has 0 amide bonds. The predicted molar refractivity (Wildman–Crippen MR) is 94.6 cm³/mol. The van der Waals surface area contributed by atoms with Gasteiger partial charge in [0.2, 0.25) is 0 Å². The maximum absolute atomic E-state index is 14.2. The van der Waals surface area contributed by atoms with E-state index in [2.05, 4.69) is 0 Å². The van der Waals surface area contributed by atoms with E-state index >= 15 is 0 Å². The largest absolute Gasteiger partial charge is 0.495 e. The van der Waals surface area contributed by atoms with Gasteiger partial charge < -0.3 is 9.64 Å². The van der Waals surface area contributed by atoms with Crippen LogP contribution in [0.15, 0.2) is 35.4 Å². The first-order valence-electron chi connectivity index (χ1n) is 7.41. The lowest BCUT2D eigenvalue weighted by Crippen LogP contribution is -2.18. The monoisotopic (exact) mass is 400 g/mol. The molecule has 2 heterocycles. The minimum atomic E-state index is -4.65. The van der Waals surface area contributed by atoms with Gasteiger partial charge >= 0.3 is 6.18 Å². The zero-order chi connectivity index (χ0) is 18.9. The number of halogens is 4. The number of benzene rings is 1. The molecule has 2 aromatic rings. The van der Waals surface area contributed by atoms with E-state index in [0.717, 1.165) is 0 Å². The zero-order valence-corrected chi connectivity index (χ0v) is 15.1. The number of thiophene rings is 1. The Morgan fingerprint density at radius 2 is 2.04 bits per heavy atom. The first kappa shape index (κ1) is 18.6. The molecule has 0 aliphatic carbocycles. The van der Waals surface area contributed by atoms with Crippen LogP contribution in [0.5, 0.6) is 5.75 Å². The van der Waals surface area contributed by atoms with Crippen LogP contribution in [0, 0.1) is 16.5 Å². The van der Waals surface area contributed by atoms with Gasteiger partial charge in [-0.3, -0.25) is 0 Å². The highest BCUT2D eigenvalue weighted by molar-refractivity contribution is 8.03. The number of allylic oxidation sites excluding steroid dienone is 1. The topological polar surface area (TPSA) is 36.3 Å². The van der Waals surface area contributed by atoms with E-state index in [4.69, 9.17) is 4.74 Å². The minimum Gasteiger partial charge on any atom is -0.495 e. The Labute approximate surface area is 155 Å². The summed E-state index contributed by atoms with van der Waals surface area (Å²) in [6.45, 7) is 0.531. The lowest BCUT2D eigenvalue weighted by Gasteiger charge is -2.22. The van der Waals surface area contributed by atoms with Crippen LogP contribution < -0.4 is 9.64 Å². The fraction of sp³-hybridized carbons (Fsp3) is 0.235. The van der Waals surface area contributed by atoms with Gasteiger partial charge in [-0.1, -0.05) is 12.1 Å². The van der Waals surface area contributed by atoms with Crippen LogP contribution >= 0.6 is 23.1 Å². The molecule has 1 saturated heterocycles. The van der Waals surface area contributed by atoms with Crippen molar-refractivity contribution in [1.82, 2.24) is 0 Å². The highest BCUT2D eigenvalue weighted by Gasteiger charge is 2.36. The van der Waals surface area contributed by atoms with E-state index in [1.807, 2.05) is 6.07 Å². The number of methoxy groups -OCH3 is 1. The van der Waals surface area contributed by atoms with Crippen molar-refractivity contribution in [2.24, 2.45) is 0 Å². The van der Waals surface area contributed by atoms with Crippen LogP contribution in [0.1, 0.15) is 10.4 Å². The van der Waals surface area contributed by atoms with Crippen LogP contribution in [0.25, 0.3) is 5.57 Å². The fourth-order valence-corrected chi connectivity index (χ4v) is 4.47. The molecule has 9 heteroatoms. The van der Waals surface area contributed by atoms with Crippen LogP contribution in [-0.2, 0) is 6.18 Å². The smallest absolute Gasteiger partial charge is 0.425 e. The molecule has 1 aromatic carbocycles. The van der Waals surface area contributed by atoms with E-state index in [1.54, 1.807) is 29.2 Å². The van der Waals surface area contributed by atoms with Crippen LogP contribution in [0.2, 0.25) is 0 Å². The first-order chi connectivity index (χ1) is 12.4. The van der Waals surface area contributed by atoms with Crippen molar-refractivity contribution in [3.63, 3.8) is 0 Å². The number of anilines is 1. The van der Waals surface area contributed by atoms with Crippen molar-refractivity contribution >= 4 is 34.4 Å². The quantitative estimate of drug-likeness (QED) is 0.513. The Balaban J connectivity index is 2.12. The second-order valence-corrected chi connectivity index (χ2v) is 7.35. The number of rotatable bonds is 3. The molecule has 26 heavy (non-hydrogen) atoms. The van der Waals surface area contributed by atoms with E-state index in [9.17, 15) is 22.8 Å². The molecule has 1 aromatic heterocycles. The van der Waals surface area contributed by atoms with Crippen molar-refractivity contribution in [3.8, 4) is 11.8 Å². The number of hydrogen-bond acceptors (Lipinski definition) is 5. The molecule has 0 saturated carbocycles. The molecular formula is C17H12F4N2OS2. The lowest BCUT2D eigenvalue weighted by molar-refractivity contribution is -0.134. The van der Waals surface area contributed by atoms with Gasteiger partial charge in [0.15, 0.2) is 5.13 Å². The van der Waals surface area contributed by atoms with Crippen molar-refractivity contribution in [3.05, 3.63) is 50.9 Å². The van der Waals surface area contributed by atoms with Crippen molar-refractivity contribution < 1.29 is 22.3 Å². The van der Waals surface area contributed by atoms with Crippen LogP contribution in [0.4, 0.5) is 23.2 Å². The molecule has 3 nitrogen and oxygen atoms in total. The fourth-order valence-electron chi connectivity index (χ4n) is 2.61. The summed E-state index contributed by atoms with van der Waals surface area (Å²) in [6.07, 6.45) is -4.65. The van der Waals surface area contributed by atoms with Gasteiger partial charge in [0.25, 0.3) is 0 Å². The summed E-state index contributed by atoms with van der Waals surface area (Å²) < 4.78 is 58.1. The van der Waals surface area contributed by atoms with Crippen molar-refractivity contribution in [2.75, 3.05) is 24.3 Å². The molecule has 136 valence electrons. The SMILES string of the molecule is COc1ccccc1N1CCSC1=C(C#N)c1cc(C(F)(F)F)sc1F. The molecule has 1 aliphatic rings. The average Bonchev–Trinajstić information content (AvgIpc) is 3.23. The zero-order valence-electron chi connectivity index (χ0n) is 13.4. The molecule has 0 N–H and O–H groups in total. The summed E-state index contributed by atoms with van der Waals surface area (Å²) in [5.41, 5.74) is 0.242. The molecule has 0 spiro atoms. The van der Waals surface area contributed by atoms with Gasteiger partial charge in [0.1, 0.15) is 16.7 Å². The van der Waals surface area contributed by atoms with E-state index in [0.29, 0.717) is 34.8 Å². The van der Waals surface area contributed by atoms with Gasteiger partial charge in [-0.25, -0.2) is 0 Å². The first-order valence-corrected chi connectivity index (χ1v) is 9.21. The third kappa shape index (κ3) is 3.39. The molecule has 0 atom stereocenters. The second-order valence-electron chi connectivity index (χ2n) is 5.26. The highest BCUT2D eigenvalue weighted by atomic mass is 32.2. The summed E-state index contributed by atoms with van der Waals surface area (Å²) in [4.78, 5) is 0.706. The predicted octanol–water partition coefficient (Wildman–Crippen LogP) is 5.36. The lowest BCUT2D eigenvalue weighted by atomic mass is 10.1. The maximum atomic E-state index is 14.2. The Hall–Kier alpha value is -2.18. The van der Waals surface area contributed by atoms with Crippen LogP contribution in [-0.4, -0.2) is 19.4 Å².